The molecule has 0 N–H and O–H groups in total. The van der Waals surface area contributed by atoms with Crippen molar-refractivity contribution >= 4 is 22.0 Å². The molecule has 1 aliphatic rings. The van der Waals surface area contributed by atoms with Crippen molar-refractivity contribution in [2.45, 2.75) is 50.6 Å². The number of amides is 1. The van der Waals surface area contributed by atoms with Gasteiger partial charge in [-0.3, -0.25) is 4.98 Å². The first-order valence-corrected chi connectivity index (χ1v) is 8.51. The normalized spacial score (nSPS) is 16.5. The van der Waals surface area contributed by atoms with E-state index in [0.29, 0.717) is 24.3 Å². The van der Waals surface area contributed by atoms with E-state index in [-0.39, 0.29) is 12.2 Å². The van der Waals surface area contributed by atoms with Crippen molar-refractivity contribution < 1.29 is 14.3 Å². The molecule has 122 valence electrons. The van der Waals surface area contributed by atoms with Crippen LogP contribution >= 0.6 is 15.9 Å². The minimum Gasteiger partial charge on any atom is -0.473 e. The second-order valence-corrected chi connectivity index (χ2v) is 6.82. The Kier molecular flexibility index (Phi) is 5.61. The van der Waals surface area contributed by atoms with Crippen molar-refractivity contribution in [1.82, 2.24) is 14.9 Å². The standard InChI is InChI=1S/C15H22BrN3O3/c1-15(2,3)22-14(20)19-6-4-12(5-7-19)21-13-10-17-11(8-16)9-18-13/h9-10,12H,4-8H2,1-3H3. The van der Waals surface area contributed by atoms with Crippen LogP contribution in [0, 0.1) is 0 Å². The van der Waals surface area contributed by atoms with Crippen LogP contribution in [0.15, 0.2) is 12.4 Å². The summed E-state index contributed by atoms with van der Waals surface area (Å²) in [7, 11) is 0. The summed E-state index contributed by atoms with van der Waals surface area (Å²) in [6.45, 7) is 6.88. The smallest absolute Gasteiger partial charge is 0.410 e. The third-order valence-corrected chi connectivity index (χ3v) is 3.77. The number of halogens is 1. The summed E-state index contributed by atoms with van der Waals surface area (Å²) in [5.74, 6) is 0.528. The Morgan fingerprint density at radius 3 is 2.50 bits per heavy atom. The number of ether oxygens (including phenoxy) is 2. The zero-order valence-electron chi connectivity index (χ0n) is 13.2. The van der Waals surface area contributed by atoms with Crippen molar-refractivity contribution in [3.8, 4) is 5.88 Å². The number of hydrogen-bond acceptors (Lipinski definition) is 5. The van der Waals surface area contributed by atoms with Gasteiger partial charge in [-0.1, -0.05) is 15.9 Å². The van der Waals surface area contributed by atoms with Crippen LogP contribution in [0.25, 0.3) is 0 Å². The summed E-state index contributed by atoms with van der Waals surface area (Å²) >= 11 is 3.33. The molecule has 1 saturated heterocycles. The predicted octanol–water partition coefficient (Wildman–Crippen LogP) is 3.15. The predicted molar refractivity (Wildman–Crippen MR) is 86.1 cm³/mol. The molecule has 0 saturated carbocycles. The quantitative estimate of drug-likeness (QED) is 0.763. The van der Waals surface area contributed by atoms with Crippen LogP contribution in [-0.2, 0) is 10.1 Å². The molecule has 1 aromatic rings. The molecule has 6 nitrogen and oxygen atoms in total. The maximum atomic E-state index is 12.0. The molecule has 0 aromatic carbocycles. The van der Waals surface area contributed by atoms with Gasteiger partial charge < -0.3 is 14.4 Å². The maximum Gasteiger partial charge on any atom is 0.410 e. The molecule has 0 aliphatic carbocycles. The molecule has 2 heterocycles. The Morgan fingerprint density at radius 2 is 2.00 bits per heavy atom. The number of likely N-dealkylation sites (tertiary alicyclic amines) is 1. The van der Waals surface area contributed by atoms with Gasteiger partial charge in [0, 0.05) is 31.3 Å². The average Bonchev–Trinajstić information content (AvgIpc) is 2.47. The fraction of sp³-hybridized carbons (Fsp3) is 0.667. The lowest BCUT2D eigenvalue weighted by Crippen LogP contribution is -2.44. The Balaban J connectivity index is 1.80. The highest BCUT2D eigenvalue weighted by Crippen LogP contribution is 2.19. The van der Waals surface area contributed by atoms with Gasteiger partial charge in [0.25, 0.3) is 0 Å². The fourth-order valence-electron chi connectivity index (χ4n) is 2.13. The summed E-state index contributed by atoms with van der Waals surface area (Å²) in [4.78, 5) is 22.2. The third-order valence-electron chi connectivity index (χ3n) is 3.20. The molecule has 2 rings (SSSR count). The Labute approximate surface area is 139 Å². The van der Waals surface area contributed by atoms with E-state index in [1.165, 1.54) is 0 Å². The van der Waals surface area contributed by atoms with Crippen molar-refractivity contribution in [2.24, 2.45) is 0 Å². The van der Waals surface area contributed by atoms with Gasteiger partial charge in [0.15, 0.2) is 0 Å². The van der Waals surface area contributed by atoms with Gasteiger partial charge in [0.1, 0.15) is 11.7 Å². The minimum atomic E-state index is -0.461. The largest absolute Gasteiger partial charge is 0.473 e. The molecule has 22 heavy (non-hydrogen) atoms. The van der Waals surface area contributed by atoms with E-state index in [0.717, 1.165) is 18.5 Å². The molecule has 1 amide bonds. The first-order chi connectivity index (χ1) is 10.4. The fourth-order valence-corrected chi connectivity index (χ4v) is 2.42. The van der Waals surface area contributed by atoms with E-state index in [2.05, 4.69) is 25.9 Å². The number of nitrogens with zero attached hydrogens (tertiary/aromatic N) is 3. The highest BCUT2D eigenvalue weighted by Gasteiger charge is 2.27. The second kappa shape index (κ2) is 7.26. The lowest BCUT2D eigenvalue weighted by Gasteiger charge is -2.33. The lowest BCUT2D eigenvalue weighted by molar-refractivity contribution is 0.0122. The van der Waals surface area contributed by atoms with E-state index < -0.39 is 5.60 Å². The summed E-state index contributed by atoms with van der Waals surface area (Å²) in [5.41, 5.74) is 0.407. The Morgan fingerprint density at radius 1 is 1.32 bits per heavy atom. The van der Waals surface area contributed by atoms with Crippen LogP contribution in [-0.4, -0.2) is 45.8 Å². The summed E-state index contributed by atoms with van der Waals surface area (Å²) < 4.78 is 11.2. The van der Waals surface area contributed by atoms with E-state index in [1.807, 2.05) is 20.8 Å². The second-order valence-electron chi connectivity index (χ2n) is 6.26. The number of carbonyl (C=O) groups is 1. The van der Waals surface area contributed by atoms with Gasteiger partial charge in [-0.2, -0.15) is 0 Å². The molecule has 0 unspecified atom stereocenters. The summed E-state index contributed by atoms with van der Waals surface area (Å²) in [5, 5.41) is 0.675. The van der Waals surface area contributed by atoms with Gasteiger partial charge in [0.05, 0.1) is 18.1 Å². The van der Waals surface area contributed by atoms with Crippen molar-refractivity contribution in [2.75, 3.05) is 13.1 Å². The maximum absolute atomic E-state index is 12.0. The van der Waals surface area contributed by atoms with Gasteiger partial charge in [-0.25, -0.2) is 9.78 Å². The molecular weight excluding hydrogens is 350 g/mol. The number of carbonyl (C=O) groups excluding carboxylic acids is 1. The van der Waals surface area contributed by atoms with Gasteiger partial charge in [-0.15, -0.1) is 0 Å². The highest BCUT2D eigenvalue weighted by atomic mass is 79.9. The number of hydrogen-bond donors (Lipinski definition) is 0. The molecule has 7 heteroatoms. The van der Waals surface area contributed by atoms with Crippen LogP contribution in [0.2, 0.25) is 0 Å². The average molecular weight is 372 g/mol. The number of alkyl halides is 1. The van der Waals surface area contributed by atoms with Crippen molar-refractivity contribution in [3.63, 3.8) is 0 Å². The SMILES string of the molecule is CC(C)(C)OC(=O)N1CCC(Oc2cnc(CBr)cn2)CC1. The third kappa shape index (κ3) is 5.12. The van der Waals surface area contributed by atoms with Crippen molar-refractivity contribution in [1.29, 1.82) is 0 Å². The van der Waals surface area contributed by atoms with Crippen LogP contribution < -0.4 is 4.74 Å². The van der Waals surface area contributed by atoms with Crippen molar-refractivity contribution in [3.05, 3.63) is 18.1 Å². The summed E-state index contributed by atoms with van der Waals surface area (Å²) in [6, 6.07) is 0. The monoisotopic (exact) mass is 371 g/mol. The zero-order valence-corrected chi connectivity index (χ0v) is 14.8. The van der Waals surface area contributed by atoms with Crippen LogP contribution in [0.5, 0.6) is 5.88 Å². The highest BCUT2D eigenvalue weighted by molar-refractivity contribution is 9.08. The molecule has 1 fully saturated rings. The Hall–Kier alpha value is -1.37. The number of rotatable bonds is 3. The van der Waals surface area contributed by atoms with Gasteiger partial charge in [0.2, 0.25) is 5.88 Å². The molecule has 0 spiro atoms. The Bertz CT molecular complexity index is 494. The lowest BCUT2D eigenvalue weighted by atomic mass is 10.1. The first-order valence-electron chi connectivity index (χ1n) is 7.39. The minimum absolute atomic E-state index is 0.0582. The van der Waals surface area contributed by atoms with Crippen LogP contribution in [0.3, 0.4) is 0 Å². The van der Waals surface area contributed by atoms with E-state index in [9.17, 15) is 4.79 Å². The first kappa shape index (κ1) is 17.0. The molecule has 1 aromatic heterocycles. The molecule has 0 bridgehead atoms. The summed E-state index contributed by atoms with van der Waals surface area (Å²) in [6.07, 6.45) is 4.66. The van der Waals surface area contributed by atoms with Crippen LogP contribution in [0.4, 0.5) is 4.79 Å². The van der Waals surface area contributed by atoms with E-state index >= 15 is 0 Å². The van der Waals surface area contributed by atoms with E-state index in [1.54, 1.807) is 17.3 Å². The van der Waals surface area contributed by atoms with Gasteiger partial charge >= 0.3 is 6.09 Å². The molecular formula is C15H22BrN3O3. The number of aromatic nitrogens is 2. The number of piperidine rings is 1. The molecule has 0 atom stereocenters. The molecule has 0 radical (unpaired) electrons. The van der Waals surface area contributed by atoms with Gasteiger partial charge in [-0.05, 0) is 20.8 Å². The zero-order chi connectivity index (χ0) is 16.2. The topological polar surface area (TPSA) is 64.5 Å². The van der Waals surface area contributed by atoms with Crippen LogP contribution in [0.1, 0.15) is 39.3 Å². The molecule has 1 aliphatic heterocycles. The van der Waals surface area contributed by atoms with E-state index in [4.69, 9.17) is 9.47 Å².